The second-order valence-electron chi connectivity index (χ2n) is 10.9. The van der Waals surface area contributed by atoms with Crippen LogP contribution in [-0.4, -0.2) is 51.4 Å². The Morgan fingerprint density at radius 1 is 0.930 bits per heavy atom. The quantitative estimate of drug-likeness (QED) is 0.166. The molecule has 5 rings (SSSR count). The number of carboxylic acids is 1. The maximum atomic E-state index is 13.1. The van der Waals surface area contributed by atoms with E-state index < -0.39 is 5.97 Å². The molecule has 0 aliphatic carbocycles. The van der Waals surface area contributed by atoms with Gasteiger partial charge >= 0.3 is 5.97 Å². The minimum absolute atomic E-state index is 0.0372. The summed E-state index contributed by atoms with van der Waals surface area (Å²) in [7, 11) is 0. The van der Waals surface area contributed by atoms with E-state index in [2.05, 4.69) is 34.1 Å². The summed E-state index contributed by atoms with van der Waals surface area (Å²) in [5.41, 5.74) is 4.66. The number of anilines is 1. The molecule has 0 bridgehead atoms. The van der Waals surface area contributed by atoms with E-state index in [9.17, 15) is 24.8 Å². The summed E-state index contributed by atoms with van der Waals surface area (Å²) in [6.07, 6.45) is 5.81. The summed E-state index contributed by atoms with van der Waals surface area (Å²) >= 11 is 0. The van der Waals surface area contributed by atoms with Gasteiger partial charge in [-0.2, -0.15) is 0 Å². The first-order chi connectivity index (χ1) is 20.9. The molecule has 4 aromatic rings. The molecule has 0 saturated carbocycles. The Balaban J connectivity index is 1.32. The number of piperidine rings is 1. The minimum Gasteiger partial charge on any atom is -0.481 e. The molecule has 1 aliphatic heterocycles. The average molecular weight is 579 g/mol. The number of benzene rings is 3. The van der Waals surface area contributed by atoms with Crippen molar-refractivity contribution in [3.05, 3.63) is 124 Å². The lowest BCUT2D eigenvalue weighted by atomic mass is 9.90. The molecule has 1 fully saturated rings. The number of nitro benzene ring substituents is 1. The summed E-state index contributed by atoms with van der Waals surface area (Å²) in [5.74, 6) is -0.752. The van der Waals surface area contributed by atoms with E-state index in [-0.39, 0.29) is 36.0 Å². The number of nitro groups is 1. The Kier molecular flexibility index (Phi) is 9.41. The summed E-state index contributed by atoms with van der Waals surface area (Å²) in [6, 6.07) is 26.6. The largest absolute Gasteiger partial charge is 0.481 e. The Hall–Kier alpha value is -5.05. The number of aromatic nitrogens is 1. The molecule has 1 N–H and O–H groups in total. The number of carboxylic acid groups (broad SMARTS) is 1. The summed E-state index contributed by atoms with van der Waals surface area (Å²) in [4.78, 5) is 43.9. The van der Waals surface area contributed by atoms with Gasteiger partial charge in [-0.05, 0) is 71.7 Å². The molecule has 1 aromatic heterocycles. The highest BCUT2D eigenvalue weighted by Gasteiger charge is 2.26. The predicted molar refractivity (Wildman–Crippen MR) is 165 cm³/mol. The van der Waals surface area contributed by atoms with E-state index in [0.29, 0.717) is 22.7 Å². The molecule has 9 heteroatoms. The van der Waals surface area contributed by atoms with Crippen LogP contribution < -0.4 is 4.90 Å². The molecule has 0 spiro atoms. The van der Waals surface area contributed by atoms with E-state index in [1.165, 1.54) is 16.7 Å². The number of aliphatic carboxylic acids is 1. The zero-order valence-electron chi connectivity index (χ0n) is 23.8. The van der Waals surface area contributed by atoms with E-state index >= 15 is 0 Å². The van der Waals surface area contributed by atoms with Gasteiger partial charge < -0.3 is 14.9 Å². The van der Waals surface area contributed by atoms with Gasteiger partial charge in [0.2, 0.25) is 0 Å². The van der Waals surface area contributed by atoms with E-state index in [1.807, 2.05) is 42.5 Å². The van der Waals surface area contributed by atoms with Gasteiger partial charge in [0.15, 0.2) is 0 Å². The third-order valence-electron chi connectivity index (χ3n) is 7.92. The molecule has 220 valence electrons. The van der Waals surface area contributed by atoms with Crippen molar-refractivity contribution in [2.75, 3.05) is 24.5 Å². The number of carbonyl (C=O) groups excluding carboxylic acids is 1. The molecule has 0 atom stereocenters. The van der Waals surface area contributed by atoms with Crippen molar-refractivity contribution in [3.63, 3.8) is 0 Å². The number of carbonyl (C=O) groups is 2. The van der Waals surface area contributed by atoms with Crippen LogP contribution in [0.3, 0.4) is 0 Å². The highest BCUT2D eigenvalue weighted by Crippen LogP contribution is 2.36. The fourth-order valence-electron chi connectivity index (χ4n) is 5.67. The van der Waals surface area contributed by atoms with Crippen LogP contribution in [0.25, 0.3) is 11.1 Å². The molecular weight excluding hydrogens is 544 g/mol. The van der Waals surface area contributed by atoms with Crippen molar-refractivity contribution >= 4 is 23.3 Å². The SMILES string of the molecule is O=C(O)CCN(Cc1cccc(-c2ccc(N3CCC(Cc4ccccc4)CC3)c([N+](=O)[O-])c2)c1)C(=O)c1cccnc1. The molecule has 43 heavy (non-hydrogen) atoms. The number of nitrogens with zero attached hydrogens (tertiary/aromatic N) is 4. The lowest BCUT2D eigenvalue weighted by molar-refractivity contribution is -0.384. The van der Waals surface area contributed by atoms with Gasteiger partial charge in [0, 0.05) is 44.6 Å². The standard InChI is InChI=1S/C34H34N4O5/c39-33(40)15-19-37(34(41)30-10-5-16-35-23-30)24-27-8-4-9-28(21-27)29-11-12-31(32(22-29)38(42)43)36-17-13-26(14-18-36)20-25-6-2-1-3-7-25/h1-12,16,21-23,26H,13-15,17-20,24H2,(H,39,40). The number of hydrogen-bond acceptors (Lipinski definition) is 6. The molecule has 0 unspecified atom stereocenters. The highest BCUT2D eigenvalue weighted by atomic mass is 16.6. The Bertz CT molecular complexity index is 1570. The summed E-state index contributed by atoms with van der Waals surface area (Å²) in [6.45, 7) is 1.76. The number of pyridine rings is 1. The van der Waals surface area contributed by atoms with Gasteiger partial charge in [0.1, 0.15) is 5.69 Å². The second-order valence-corrected chi connectivity index (χ2v) is 10.9. The Morgan fingerprint density at radius 2 is 1.67 bits per heavy atom. The normalized spacial score (nSPS) is 13.4. The van der Waals surface area contributed by atoms with E-state index in [1.54, 1.807) is 24.4 Å². The van der Waals surface area contributed by atoms with Gasteiger partial charge in [0.05, 0.1) is 16.9 Å². The first kappa shape index (κ1) is 29.4. The Morgan fingerprint density at radius 3 is 2.37 bits per heavy atom. The highest BCUT2D eigenvalue weighted by molar-refractivity contribution is 5.94. The molecule has 1 saturated heterocycles. The fourth-order valence-corrected chi connectivity index (χ4v) is 5.67. The molecular formula is C34H34N4O5. The second kappa shape index (κ2) is 13.7. The average Bonchev–Trinajstić information content (AvgIpc) is 3.04. The number of amides is 1. The van der Waals surface area contributed by atoms with Crippen molar-refractivity contribution in [2.45, 2.75) is 32.2 Å². The van der Waals surface area contributed by atoms with Gasteiger partial charge in [-0.15, -0.1) is 0 Å². The van der Waals surface area contributed by atoms with Crippen LogP contribution in [0.2, 0.25) is 0 Å². The van der Waals surface area contributed by atoms with Crippen molar-refractivity contribution in [1.82, 2.24) is 9.88 Å². The van der Waals surface area contributed by atoms with Gasteiger partial charge in [-0.3, -0.25) is 24.7 Å². The smallest absolute Gasteiger partial charge is 0.305 e. The lowest BCUT2D eigenvalue weighted by Crippen LogP contribution is -2.34. The molecule has 0 radical (unpaired) electrons. The molecule has 2 heterocycles. The molecule has 3 aromatic carbocycles. The minimum atomic E-state index is -0.995. The Labute approximate surface area is 250 Å². The van der Waals surface area contributed by atoms with Crippen LogP contribution in [-0.2, 0) is 17.8 Å². The summed E-state index contributed by atoms with van der Waals surface area (Å²) in [5, 5.41) is 21.4. The first-order valence-electron chi connectivity index (χ1n) is 14.4. The lowest BCUT2D eigenvalue weighted by Gasteiger charge is -2.33. The van der Waals surface area contributed by atoms with Crippen LogP contribution in [0.4, 0.5) is 11.4 Å². The van der Waals surface area contributed by atoms with Crippen molar-refractivity contribution in [2.24, 2.45) is 5.92 Å². The maximum absolute atomic E-state index is 13.1. The van der Waals surface area contributed by atoms with Gasteiger partial charge in [-0.1, -0.05) is 54.6 Å². The third kappa shape index (κ3) is 7.62. The zero-order chi connectivity index (χ0) is 30.2. The van der Waals surface area contributed by atoms with Crippen molar-refractivity contribution in [1.29, 1.82) is 0 Å². The monoisotopic (exact) mass is 578 g/mol. The van der Waals surface area contributed by atoms with Crippen LogP contribution >= 0.6 is 0 Å². The van der Waals surface area contributed by atoms with Crippen molar-refractivity contribution < 1.29 is 19.6 Å². The van der Waals surface area contributed by atoms with E-state index in [4.69, 9.17) is 0 Å². The predicted octanol–water partition coefficient (Wildman–Crippen LogP) is 6.23. The fraction of sp³-hybridized carbons (Fsp3) is 0.265. The molecule has 1 amide bonds. The maximum Gasteiger partial charge on any atom is 0.305 e. The van der Waals surface area contributed by atoms with Crippen molar-refractivity contribution in [3.8, 4) is 11.1 Å². The zero-order valence-corrected chi connectivity index (χ0v) is 23.8. The van der Waals surface area contributed by atoms with Crippen LogP contribution in [0, 0.1) is 16.0 Å². The number of rotatable bonds is 11. The van der Waals surface area contributed by atoms with Crippen LogP contribution in [0.5, 0.6) is 0 Å². The number of hydrogen-bond donors (Lipinski definition) is 1. The molecule has 9 nitrogen and oxygen atoms in total. The van der Waals surface area contributed by atoms with Gasteiger partial charge in [-0.25, -0.2) is 0 Å². The van der Waals surface area contributed by atoms with E-state index in [0.717, 1.165) is 43.5 Å². The first-order valence-corrected chi connectivity index (χ1v) is 14.4. The van der Waals surface area contributed by atoms with Crippen LogP contribution in [0.15, 0.2) is 97.3 Å². The van der Waals surface area contributed by atoms with Gasteiger partial charge in [0.25, 0.3) is 11.6 Å². The van der Waals surface area contributed by atoms with Crippen LogP contribution in [0.1, 0.15) is 40.7 Å². The third-order valence-corrected chi connectivity index (χ3v) is 7.92. The summed E-state index contributed by atoms with van der Waals surface area (Å²) < 4.78 is 0. The molecule has 1 aliphatic rings. The topological polar surface area (TPSA) is 117 Å².